The standard InChI is InChI=1S/C22H24N2O4/c1-26-19-11-16(12-20(27-2)21(19)28-3)22(25)24-9-8-15(13-24)18-10-14-6-4-5-7-17(14)23-18/h4-7,10-12,15,23H,8-9,13H2,1-3H3. The van der Waals surface area contributed by atoms with Crippen molar-refractivity contribution in [1.82, 2.24) is 9.88 Å². The van der Waals surface area contributed by atoms with Gasteiger partial charge in [0.1, 0.15) is 0 Å². The second-order valence-electron chi connectivity index (χ2n) is 6.96. The average Bonchev–Trinajstić information content (AvgIpc) is 3.38. The van der Waals surface area contributed by atoms with Crippen LogP contribution in [0.3, 0.4) is 0 Å². The molecule has 1 saturated heterocycles. The Morgan fingerprint density at radius 1 is 1.04 bits per heavy atom. The van der Waals surface area contributed by atoms with Crippen LogP contribution in [-0.4, -0.2) is 50.2 Å². The molecular weight excluding hydrogens is 356 g/mol. The van der Waals surface area contributed by atoms with Crippen LogP contribution in [0.2, 0.25) is 0 Å². The van der Waals surface area contributed by atoms with Gasteiger partial charge in [0.15, 0.2) is 11.5 Å². The normalized spacial score (nSPS) is 16.4. The summed E-state index contributed by atoms with van der Waals surface area (Å²) in [7, 11) is 4.65. The number of nitrogens with one attached hydrogen (secondary N) is 1. The molecule has 2 heterocycles. The number of amides is 1. The molecule has 3 aromatic rings. The van der Waals surface area contributed by atoms with E-state index in [1.54, 1.807) is 33.5 Å². The third kappa shape index (κ3) is 3.15. The van der Waals surface area contributed by atoms with Gasteiger partial charge in [-0.15, -0.1) is 0 Å². The average molecular weight is 380 g/mol. The van der Waals surface area contributed by atoms with Crippen LogP contribution in [0.4, 0.5) is 0 Å². The monoisotopic (exact) mass is 380 g/mol. The number of hydrogen-bond acceptors (Lipinski definition) is 4. The minimum absolute atomic E-state index is 0.0298. The number of hydrogen-bond donors (Lipinski definition) is 1. The molecule has 1 unspecified atom stereocenters. The summed E-state index contributed by atoms with van der Waals surface area (Å²) in [6, 6.07) is 13.8. The number of aromatic amines is 1. The van der Waals surface area contributed by atoms with Crippen molar-refractivity contribution in [3.05, 3.63) is 53.7 Å². The molecule has 6 heteroatoms. The van der Waals surface area contributed by atoms with Crippen LogP contribution in [0, 0.1) is 0 Å². The Kier molecular flexibility index (Phi) is 4.86. The molecule has 0 aliphatic carbocycles. The zero-order valence-electron chi connectivity index (χ0n) is 16.3. The largest absolute Gasteiger partial charge is 0.493 e. The number of ether oxygens (including phenoxy) is 3. The van der Waals surface area contributed by atoms with Crippen molar-refractivity contribution in [2.75, 3.05) is 34.4 Å². The molecule has 1 amide bonds. The maximum absolute atomic E-state index is 13.1. The first-order valence-electron chi connectivity index (χ1n) is 9.31. The van der Waals surface area contributed by atoms with Gasteiger partial charge in [-0.05, 0) is 36.1 Å². The first kappa shape index (κ1) is 18.2. The number of aromatic nitrogens is 1. The lowest BCUT2D eigenvalue weighted by Gasteiger charge is -2.19. The number of rotatable bonds is 5. The highest BCUT2D eigenvalue weighted by molar-refractivity contribution is 5.96. The fourth-order valence-corrected chi connectivity index (χ4v) is 3.90. The number of H-pyrrole nitrogens is 1. The molecule has 1 aliphatic heterocycles. The van der Waals surface area contributed by atoms with E-state index in [0.29, 0.717) is 35.3 Å². The second-order valence-corrected chi connectivity index (χ2v) is 6.96. The third-order valence-electron chi connectivity index (χ3n) is 5.38. The molecule has 2 aromatic carbocycles. The maximum Gasteiger partial charge on any atom is 0.254 e. The Morgan fingerprint density at radius 2 is 1.75 bits per heavy atom. The van der Waals surface area contributed by atoms with E-state index in [1.165, 1.54) is 11.1 Å². The summed E-state index contributed by atoms with van der Waals surface area (Å²) in [6.07, 6.45) is 0.934. The SMILES string of the molecule is COc1cc(C(=O)N2CCC(c3cc4ccccc4[nH]3)C2)cc(OC)c1OC. The summed E-state index contributed by atoms with van der Waals surface area (Å²) < 4.78 is 16.1. The van der Waals surface area contributed by atoms with Crippen molar-refractivity contribution in [3.63, 3.8) is 0 Å². The first-order valence-corrected chi connectivity index (χ1v) is 9.31. The van der Waals surface area contributed by atoms with Gasteiger partial charge >= 0.3 is 0 Å². The molecule has 0 bridgehead atoms. The summed E-state index contributed by atoms with van der Waals surface area (Å²) in [5.74, 6) is 1.73. The van der Waals surface area contributed by atoms with E-state index in [-0.39, 0.29) is 5.91 Å². The van der Waals surface area contributed by atoms with E-state index >= 15 is 0 Å². The Labute approximate surface area is 164 Å². The Bertz CT molecular complexity index is 953. The predicted octanol–water partition coefficient (Wildman–Crippen LogP) is 3.82. The number of nitrogens with zero attached hydrogens (tertiary/aromatic N) is 1. The fourth-order valence-electron chi connectivity index (χ4n) is 3.90. The van der Waals surface area contributed by atoms with Crippen molar-refractivity contribution in [2.24, 2.45) is 0 Å². The summed E-state index contributed by atoms with van der Waals surface area (Å²) in [5.41, 5.74) is 2.85. The summed E-state index contributed by atoms with van der Waals surface area (Å²) in [4.78, 5) is 18.5. The lowest BCUT2D eigenvalue weighted by atomic mass is 10.1. The summed E-state index contributed by atoms with van der Waals surface area (Å²) in [6.45, 7) is 1.40. The summed E-state index contributed by atoms with van der Waals surface area (Å²) in [5, 5.41) is 1.20. The smallest absolute Gasteiger partial charge is 0.254 e. The van der Waals surface area contributed by atoms with Gasteiger partial charge in [-0.3, -0.25) is 4.79 Å². The molecule has 28 heavy (non-hydrogen) atoms. The topological polar surface area (TPSA) is 63.8 Å². The highest BCUT2D eigenvalue weighted by Gasteiger charge is 2.30. The van der Waals surface area contributed by atoms with Gasteiger partial charge < -0.3 is 24.1 Å². The van der Waals surface area contributed by atoms with E-state index in [0.717, 1.165) is 18.5 Å². The number of carbonyl (C=O) groups is 1. The van der Waals surface area contributed by atoms with Crippen molar-refractivity contribution in [3.8, 4) is 17.2 Å². The third-order valence-corrected chi connectivity index (χ3v) is 5.38. The van der Waals surface area contributed by atoms with Gasteiger partial charge in [-0.1, -0.05) is 18.2 Å². The fraction of sp³-hybridized carbons (Fsp3) is 0.318. The van der Waals surface area contributed by atoms with Crippen molar-refractivity contribution in [1.29, 1.82) is 0 Å². The lowest BCUT2D eigenvalue weighted by molar-refractivity contribution is 0.0790. The van der Waals surface area contributed by atoms with Gasteiger partial charge in [0.05, 0.1) is 21.3 Å². The number of likely N-dealkylation sites (tertiary alicyclic amines) is 1. The number of fused-ring (bicyclic) bond motifs is 1. The highest BCUT2D eigenvalue weighted by atomic mass is 16.5. The lowest BCUT2D eigenvalue weighted by Crippen LogP contribution is -2.28. The number of para-hydroxylation sites is 1. The molecule has 146 valence electrons. The molecule has 4 rings (SSSR count). The first-order chi connectivity index (χ1) is 13.6. The Balaban J connectivity index is 1.56. The second kappa shape index (κ2) is 7.46. The minimum atomic E-state index is -0.0298. The molecule has 1 fully saturated rings. The molecule has 1 aromatic heterocycles. The number of benzene rings is 2. The summed E-state index contributed by atoms with van der Waals surface area (Å²) >= 11 is 0. The van der Waals surface area contributed by atoms with Crippen LogP contribution in [0.5, 0.6) is 17.2 Å². The van der Waals surface area contributed by atoms with Crippen LogP contribution in [-0.2, 0) is 0 Å². The van der Waals surface area contributed by atoms with Crippen LogP contribution >= 0.6 is 0 Å². The molecule has 0 saturated carbocycles. The minimum Gasteiger partial charge on any atom is -0.493 e. The predicted molar refractivity (Wildman–Crippen MR) is 108 cm³/mol. The van der Waals surface area contributed by atoms with Crippen LogP contribution in [0.25, 0.3) is 10.9 Å². The van der Waals surface area contributed by atoms with E-state index in [2.05, 4.69) is 23.2 Å². The Hall–Kier alpha value is -3.15. The molecule has 0 radical (unpaired) electrons. The van der Waals surface area contributed by atoms with Gasteiger partial charge in [0, 0.05) is 35.8 Å². The molecule has 1 N–H and O–H groups in total. The van der Waals surface area contributed by atoms with Crippen molar-refractivity contribution >= 4 is 16.8 Å². The number of carbonyl (C=O) groups excluding carboxylic acids is 1. The molecule has 1 aliphatic rings. The molecule has 6 nitrogen and oxygen atoms in total. The van der Waals surface area contributed by atoms with Gasteiger partial charge in [-0.25, -0.2) is 0 Å². The highest BCUT2D eigenvalue weighted by Crippen LogP contribution is 2.39. The van der Waals surface area contributed by atoms with Gasteiger partial charge in [-0.2, -0.15) is 0 Å². The van der Waals surface area contributed by atoms with Crippen molar-refractivity contribution in [2.45, 2.75) is 12.3 Å². The van der Waals surface area contributed by atoms with Crippen LogP contribution in [0.15, 0.2) is 42.5 Å². The van der Waals surface area contributed by atoms with E-state index in [9.17, 15) is 4.79 Å². The van der Waals surface area contributed by atoms with Crippen molar-refractivity contribution < 1.29 is 19.0 Å². The molecular formula is C22H24N2O4. The van der Waals surface area contributed by atoms with Crippen LogP contribution < -0.4 is 14.2 Å². The van der Waals surface area contributed by atoms with Gasteiger partial charge in [0.25, 0.3) is 5.91 Å². The zero-order valence-corrected chi connectivity index (χ0v) is 16.3. The maximum atomic E-state index is 13.1. The van der Waals surface area contributed by atoms with Gasteiger partial charge in [0.2, 0.25) is 5.75 Å². The zero-order chi connectivity index (χ0) is 19.7. The Morgan fingerprint density at radius 3 is 2.39 bits per heavy atom. The van der Waals surface area contributed by atoms with E-state index < -0.39 is 0 Å². The molecule has 1 atom stereocenters. The van der Waals surface area contributed by atoms with E-state index in [4.69, 9.17) is 14.2 Å². The van der Waals surface area contributed by atoms with Crippen LogP contribution in [0.1, 0.15) is 28.4 Å². The van der Waals surface area contributed by atoms with E-state index in [1.807, 2.05) is 17.0 Å². The number of methoxy groups -OCH3 is 3. The quantitative estimate of drug-likeness (QED) is 0.731. The molecule has 0 spiro atoms.